The van der Waals surface area contributed by atoms with E-state index in [0.29, 0.717) is 12.2 Å². The smallest absolute Gasteiger partial charge is 0.407 e. The summed E-state index contributed by atoms with van der Waals surface area (Å²) in [6, 6.07) is 9.40. The molecule has 0 fully saturated rings. The van der Waals surface area contributed by atoms with Crippen LogP contribution in [0.4, 0.5) is 4.79 Å². The Labute approximate surface area is 139 Å². The molecule has 24 heavy (non-hydrogen) atoms. The normalized spacial score (nSPS) is 10.2. The fourth-order valence-electron chi connectivity index (χ4n) is 1.95. The van der Waals surface area contributed by atoms with Gasteiger partial charge in [-0.05, 0) is 19.4 Å². The highest BCUT2D eigenvalue weighted by molar-refractivity contribution is 5.88. The molecule has 0 saturated heterocycles. The van der Waals surface area contributed by atoms with Gasteiger partial charge in [-0.1, -0.05) is 30.3 Å². The van der Waals surface area contributed by atoms with Crippen molar-refractivity contribution in [2.45, 2.75) is 27.0 Å². The molecule has 2 aromatic rings. The first-order valence-corrected chi connectivity index (χ1v) is 7.63. The number of nitrogens with one attached hydrogen (secondary N) is 1. The van der Waals surface area contributed by atoms with Gasteiger partial charge in [0, 0.05) is 6.54 Å². The minimum Gasteiger partial charge on any atom is -0.461 e. The minimum atomic E-state index is -0.520. The molecular formula is C16H20N4O4. The molecule has 0 atom stereocenters. The fourth-order valence-corrected chi connectivity index (χ4v) is 1.95. The summed E-state index contributed by atoms with van der Waals surface area (Å²) in [5.74, 6) is -0.503. The zero-order chi connectivity index (χ0) is 17.4. The van der Waals surface area contributed by atoms with Crippen molar-refractivity contribution in [3.63, 3.8) is 0 Å². The molecular weight excluding hydrogens is 312 g/mol. The molecule has 1 N–H and O–H groups in total. The van der Waals surface area contributed by atoms with Crippen LogP contribution in [0.2, 0.25) is 0 Å². The van der Waals surface area contributed by atoms with Crippen LogP contribution in [0.25, 0.3) is 0 Å². The number of rotatable bonds is 7. The van der Waals surface area contributed by atoms with Crippen molar-refractivity contribution in [1.29, 1.82) is 0 Å². The third-order valence-corrected chi connectivity index (χ3v) is 3.09. The van der Waals surface area contributed by atoms with Gasteiger partial charge in [-0.3, -0.25) is 0 Å². The van der Waals surface area contributed by atoms with Gasteiger partial charge in [0.1, 0.15) is 6.61 Å². The summed E-state index contributed by atoms with van der Waals surface area (Å²) >= 11 is 0. The Morgan fingerprint density at radius 3 is 2.62 bits per heavy atom. The number of hydrogen-bond donors (Lipinski definition) is 1. The molecule has 0 bridgehead atoms. The molecule has 128 valence electrons. The largest absolute Gasteiger partial charge is 0.461 e. The second-order valence-electron chi connectivity index (χ2n) is 4.94. The van der Waals surface area contributed by atoms with E-state index in [1.165, 1.54) is 4.80 Å². The van der Waals surface area contributed by atoms with Gasteiger partial charge in [0.05, 0.1) is 18.8 Å². The van der Waals surface area contributed by atoms with Crippen molar-refractivity contribution in [2.24, 2.45) is 0 Å². The van der Waals surface area contributed by atoms with Crippen LogP contribution < -0.4 is 5.32 Å². The summed E-state index contributed by atoms with van der Waals surface area (Å²) in [6.45, 7) is 4.49. The van der Waals surface area contributed by atoms with Crippen molar-refractivity contribution in [1.82, 2.24) is 20.3 Å². The number of esters is 1. The Bertz CT molecular complexity index is 685. The van der Waals surface area contributed by atoms with Crippen LogP contribution >= 0.6 is 0 Å². The Morgan fingerprint density at radius 1 is 1.17 bits per heavy atom. The van der Waals surface area contributed by atoms with Crippen LogP contribution in [0.5, 0.6) is 0 Å². The molecule has 0 aliphatic heterocycles. The zero-order valence-electron chi connectivity index (χ0n) is 13.7. The summed E-state index contributed by atoms with van der Waals surface area (Å²) in [5, 5.41) is 10.8. The number of nitrogens with zero attached hydrogens (tertiary/aromatic N) is 3. The Balaban J connectivity index is 1.74. The summed E-state index contributed by atoms with van der Waals surface area (Å²) in [4.78, 5) is 24.6. The molecule has 0 aliphatic carbocycles. The molecule has 0 saturated carbocycles. The van der Waals surface area contributed by atoms with Gasteiger partial charge < -0.3 is 14.8 Å². The Kier molecular flexibility index (Phi) is 6.30. The number of aromatic nitrogens is 3. The summed E-state index contributed by atoms with van der Waals surface area (Å²) < 4.78 is 9.99. The molecule has 1 amide bonds. The second-order valence-corrected chi connectivity index (χ2v) is 4.94. The minimum absolute atomic E-state index is 0.184. The number of carbonyl (C=O) groups is 2. The number of alkyl carbamates (subject to hydrolysis) is 1. The molecule has 1 aromatic carbocycles. The molecule has 0 spiro atoms. The lowest BCUT2D eigenvalue weighted by molar-refractivity contribution is 0.0517. The van der Waals surface area contributed by atoms with Crippen molar-refractivity contribution in [3.8, 4) is 0 Å². The lowest BCUT2D eigenvalue weighted by Gasteiger charge is -2.06. The third kappa shape index (κ3) is 5.08. The molecule has 0 unspecified atom stereocenters. The monoisotopic (exact) mass is 332 g/mol. The lowest BCUT2D eigenvalue weighted by Crippen LogP contribution is -2.28. The van der Waals surface area contributed by atoms with E-state index in [1.807, 2.05) is 30.3 Å². The second kappa shape index (κ2) is 8.66. The molecule has 8 nitrogen and oxygen atoms in total. The van der Waals surface area contributed by atoms with Crippen LogP contribution in [0.15, 0.2) is 30.3 Å². The summed E-state index contributed by atoms with van der Waals surface area (Å²) in [5.41, 5.74) is 1.58. The van der Waals surface area contributed by atoms with E-state index in [0.717, 1.165) is 5.56 Å². The molecule has 0 radical (unpaired) electrons. The number of benzene rings is 1. The van der Waals surface area contributed by atoms with Gasteiger partial charge in [0.15, 0.2) is 5.69 Å². The maximum absolute atomic E-state index is 11.7. The van der Waals surface area contributed by atoms with E-state index < -0.39 is 12.1 Å². The van der Waals surface area contributed by atoms with Crippen molar-refractivity contribution < 1.29 is 19.1 Å². The lowest BCUT2D eigenvalue weighted by atomic mass is 10.2. The van der Waals surface area contributed by atoms with Crippen LogP contribution in [0.3, 0.4) is 0 Å². The average molecular weight is 332 g/mol. The number of ether oxygens (including phenoxy) is 2. The first-order chi connectivity index (χ1) is 11.6. The van der Waals surface area contributed by atoms with Gasteiger partial charge in [0.2, 0.25) is 0 Å². The van der Waals surface area contributed by atoms with Gasteiger partial charge in [0.25, 0.3) is 0 Å². The topological polar surface area (TPSA) is 95.3 Å². The maximum Gasteiger partial charge on any atom is 0.407 e. The molecule has 8 heteroatoms. The average Bonchev–Trinajstić information content (AvgIpc) is 2.95. The third-order valence-electron chi connectivity index (χ3n) is 3.09. The molecule has 1 aromatic heterocycles. The summed E-state index contributed by atoms with van der Waals surface area (Å²) in [6.07, 6.45) is -0.520. The standard InChI is InChI=1S/C16H20N4O4/c1-3-23-15(21)14-12(2)18-20(19-14)10-9-17-16(22)24-11-13-7-5-4-6-8-13/h4-8H,3,9-11H2,1-2H3,(H,17,22). The van der Waals surface area contributed by atoms with E-state index in [4.69, 9.17) is 9.47 Å². The number of aryl methyl sites for hydroxylation is 1. The highest BCUT2D eigenvalue weighted by Crippen LogP contribution is 2.03. The van der Waals surface area contributed by atoms with E-state index >= 15 is 0 Å². The highest BCUT2D eigenvalue weighted by Gasteiger charge is 2.16. The quantitative estimate of drug-likeness (QED) is 0.775. The van der Waals surface area contributed by atoms with Crippen LogP contribution in [0.1, 0.15) is 28.7 Å². The predicted octanol–water partition coefficient (Wildman–Crippen LogP) is 1.69. The first kappa shape index (κ1) is 17.5. The van der Waals surface area contributed by atoms with Gasteiger partial charge >= 0.3 is 12.1 Å². The van der Waals surface area contributed by atoms with Gasteiger partial charge in [-0.15, -0.1) is 5.10 Å². The fraction of sp³-hybridized carbons (Fsp3) is 0.375. The Hall–Kier alpha value is -2.90. The maximum atomic E-state index is 11.7. The predicted molar refractivity (Wildman–Crippen MR) is 85.3 cm³/mol. The SMILES string of the molecule is CCOC(=O)c1nn(CCNC(=O)OCc2ccccc2)nc1C. The number of amides is 1. The van der Waals surface area contributed by atoms with Crippen LogP contribution in [0, 0.1) is 6.92 Å². The number of hydrogen-bond acceptors (Lipinski definition) is 6. The van der Waals surface area contributed by atoms with Crippen molar-refractivity contribution in [2.75, 3.05) is 13.2 Å². The Morgan fingerprint density at radius 2 is 1.92 bits per heavy atom. The van der Waals surface area contributed by atoms with E-state index in [1.54, 1.807) is 13.8 Å². The highest BCUT2D eigenvalue weighted by atomic mass is 16.5. The number of carbonyl (C=O) groups excluding carboxylic acids is 2. The van der Waals surface area contributed by atoms with Crippen molar-refractivity contribution >= 4 is 12.1 Å². The van der Waals surface area contributed by atoms with E-state index in [2.05, 4.69) is 15.5 Å². The van der Waals surface area contributed by atoms with E-state index in [-0.39, 0.29) is 25.5 Å². The van der Waals surface area contributed by atoms with Crippen LogP contribution in [-0.4, -0.2) is 40.2 Å². The molecule has 0 aliphatic rings. The van der Waals surface area contributed by atoms with Crippen LogP contribution in [-0.2, 0) is 22.6 Å². The van der Waals surface area contributed by atoms with E-state index in [9.17, 15) is 9.59 Å². The van der Waals surface area contributed by atoms with Gasteiger partial charge in [-0.2, -0.15) is 9.90 Å². The molecule has 1 heterocycles. The summed E-state index contributed by atoms with van der Waals surface area (Å²) in [7, 11) is 0. The first-order valence-electron chi connectivity index (χ1n) is 7.63. The zero-order valence-corrected chi connectivity index (χ0v) is 13.7. The van der Waals surface area contributed by atoms with Gasteiger partial charge in [-0.25, -0.2) is 9.59 Å². The molecule has 2 rings (SSSR count). The van der Waals surface area contributed by atoms with Crippen molar-refractivity contribution in [3.05, 3.63) is 47.3 Å².